The van der Waals surface area contributed by atoms with Gasteiger partial charge >= 0.3 is 5.69 Å². The van der Waals surface area contributed by atoms with Gasteiger partial charge in [0.25, 0.3) is 0 Å². The number of aromatic amines is 1. The molecule has 7 heteroatoms. The lowest BCUT2D eigenvalue weighted by molar-refractivity contribution is -0.561. The number of imidazole rings is 1. The summed E-state index contributed by atoms with van der Waals surface area (Å²) < 4.78 is 6.69. The van der Waals surface area contributed by atoms with Crippen LogP contribution in [0.25, 0.3) is 11.0 Å². The average molecular weight is 279 g/mol. The van der Waals surface area contributed by atoms with Gasteiger partial charge in [-0.25, -0.2) is 4.79 Å². The number of nitro groups is 1. The summed E-state index contributed by atoms with van der Waals surface area (Å²) in [6, 6.07) is 5.32. The lowest BCUT2D eigenvalue weighted by atomic mass is 10.0. The number of ether oxygens (including phenoxy) is 1. The number of aromatic nitrogens is 2. The molecule has 0 aliphatic carbocycles. The summed E-state index contributed by atoms with van der Waals surface area (Å²) in [5, 5.41) is 10.9. The second-order valence-electron chi connectivity index (χ2n) is 5.26. The second kappa shape index (κ2) is 4.99. The third-order valence-electron chi connectivity index (χ3n) is 3.43. The molecular weight excluding hydrogens is 262 g/mol. The van der Waals surface area contributed by atoms with Gasteiger partial charge in [-0.15, -0.1) is 0 Å². The fourth-order valence-corrected chi connectivity index (χ4v) is 2.02. The molecule has 1 aromatic carbocycles. The van der Waals surface area contributed by atoms with Crippen LogP contribution in [0, 0.1) is 10.1 Å². The highest BCUT2D eigenvalue weighted by atomic mass is 16.6. The maximum absolute atomic E-state index is 12.0. The van der Waals surface area contributed by atoms with Crippen LogP contribution in [-0.2, 0) is 6.54 Å². The van der Waals surface area contributed by atoms with Gasteiger partial charge in [-0.3, -0.25) is 14.7 Å². The van der Waals surface area contributed by atoms with Crippen LogP contribution in [0.4, 0.5) is 0 Å². The lowest BCUT2D eigenvalue weighted by Gasteiger charge is -2.15. The Morgan fingerprint density at radius 1 is 1.45 bits per heavy atom. The van der Waals surface area contributed by atoms with E-state index in [-0.39, 0.29) is 23.6 Å². The summed E-state index contributed by atoms with van der Waals surface area (Å²) in [5.74, 6) is 0.576. The Balaban J connectivity index is 2.38. The van der Waals surface area contributed by atoms with E-state index in [2.05, 4.69) is 4.98 Å². The average Bonchev–Trinajstić information content (AvgIpc) is 2.71. The van der Waals surface area contributed by atoms with Crippen molar-refractivity contribution in [2.75, 3.05) is 7.11 Å². The third kappa shape index (κ3) is 2.38. The Morgan fingerprint density at radius 3 is 2.75 bits per heavy atom. The Hall–Kier alpha value is -2.31. The number of methoxy groups -OCH3 is 1. The van der Waals surface area contributed by atoms with Crippen molar-refractivity contribution in [3.05, 3.63) is 38.8 Å². The van der Waals surface area contributed by atoms with Gasteiger partial charge in [0.2, 0.25) is 5.54 Å². The largest absolute Gasteiger partial charge is 0.494 e. The van der Waals surface area contributed by atoms with Gasteiger partial charge in [-0.2, -0.15) is 0 Å². The minimum atomic E-state index is -1.07. The van der Waals surface area contributed by atoms with Crippen molar-refractivity contribution in [2.24, 2.45) is 0 Å². The number of para-hydroxylation sites is 1. The number of H-pyrrole nitrogens is 1. The van der Waals surface area contributed by atoms with Crippen molar-refractivity contribution in [1.82, 2.24) is 9.55 Å². The normalized spacial score (nSPS) is 11.8. The van der Waals surface area contributed by atoms with Gasteiger partial charge in [0.15, 0.2) is 0 Å². The molecule has 108 valence electrons. The van der Waals surface area contributed by atoms with E-state index in [1.807, 2.05) is 0 Å². The van der Waals surface area contributed by atoms with E-state index in [9.17, 15) is 14.9 Å². The van der Waals surface area contributed by atoms with Gasteiger partial charge < -0.3 is 9.72 Å². The number of benzene rings is 1. The number of fused-ring (bicyclic) bond motifs is 1. The smallest absolute Gasteiger partial charge is 0.326 e. The number of hydrogen-bond acceptors (Lipinski definition) is 4. The molecule has 0 unspecified atom stereocenters. The van der Waals surface area contributed by atoms with Crippen LogP contribution in [0.1, 0.15) is 20.3 Å². The molecule has 0 radical (unpaired) electrons. The number of hydrogen-bond donors (Lipinski definition) is 1. The molecule has 1 N–H and O–H groups in total. The standard InChI is InChI=1S/C13H17N3O4/c1-13(2,16(18)19)7-8-15-9-5-4-6-10(20-3)11(9)14-12(15)17/h4-6H,7-8H2,1-3H3,(H,14,17). The molecule has 2 rings (SSSR count). The first-order chi connectivity index (χ1) is 9.36. The Bertz CT molecular complexity index is 699. The van der Waals surface area contributed by atoms with Crippen LogP contribution in [0.2, 0.25) is 0 Å². The van der Waals surface area contributed by atoms with Crippen molar-refractivity contribution >= 4 is 11.0 Å². The third-order valence-corrected chi connectivity index (χ3v) is 3.43. The highest BCUT2D eigenvalue weighted by Gasteiger charge is 2.30. The first-order valence-corrected chi connectivity index (χ1v) is 6.27. The molecule has 0 aliphatic heterocycles. The molecule has 0 spiro atoms. The number of nitrogens with one attached hydrogen (secondary N) is 1. The number of aryl methyl sites for hydroxylation is 1. The SMILES string of the molecule is COc1cccc2c1[nH]c(=O)n2CCC(C)(C)[N+](=O)[O-]. The zero-order valence-corrected chi connectivity index (χ0v) is 11.7. The number of nitrogens with zero attached hydrogens (tertiary/aromatic N) is 2. The van der Waals surface area contributed by atoms with Crippen molar-refractivity contribution in [2.45, 2.75) is 32.4 Å². The Morgan fingerprint density at radius 2 is 2.15 bits per heavy atom. The minimum Gasteiger partial charge on any atom is -0.494 e. The van der Waals surface area contributed by atoms with Crippen LogP contribution in [0.15, 0.2) is 23.0 Å². The summed E-state index contributed by atoms with van der Waals surface area (Å²) in [6.07, 6.45) is 0.268. The quantitative estimate of drug-likeness (QED) is 0.667. The van der Waals surface area contributed by atoms with Gasteiger partial charge in [0.05, 0.1) is 12.6 Å². The van der Waals surface area contributed by atoms with E-state index >= 15 is 0 Å². The summed E-state index contributed by atoms with van der Waals surface area (Å²) in [6.45, 7) is 3.38. The first kappa shape index (κ1) is 14.1. The van der Waals surface area contributed by atoms with Crippen LogP contribution >= 0.6 is 0 Å². The van der Waals surface area contributed by atoms with Crippen LogP contribution in [0.5, 0.6) is 5.75 Å². The highest BCUT2D eigenvalue weighted by Crippen LogP contribution is 2.23. The minimum absolute atomic E-state index is 0.268. The summed E-state index contributed by atoms with van der Waals surface area (Å²) >= 11 is 0. The zero-order valence-electron chi connectivity index (χ0n) is 11.7. The lowest BCUT2D eigenvalue weighted by Crippen LogP contribution is -2.33. The van der Waals surface area contributed by atoms with Gasteiger partial charge in [-0.05, 0) is 12.1 Å². The summed E-state index contributed by atoms with van der Waals surface area (Å²) in [7, 11) is 1.53. The molecule has 0 aliphatic rings. The fraction of sp³-hybridized carbons (Fsp3) is 0.462. The van der Waals surface area contributed by atoms with Gasteiger partial charge in [0.1, 0.15) is 11.3 Å². The highest BCUT2D eigenvalue weighted by molar-refractivity contribution is 5.81. The van der Waals surface area contributed by atoms with E-state index in [0.29, 0.717) is 16.8 Å². The molecule has 2 aromatic rings. The Labute approximate surface area is 115 Å². The molecule has 0 amide bonds. The molecule has 0 saturated carbocycles. The fourth-order valence-electron chi connectivity index (χ4n) is 2.02. The van der Waals surface area contributed by atoms with Crippen molar-refractivity contribution < 1.29 is 9.66 Å². The van der Waals surface area contributed by atoms with E-state index in [1.54, 1.807) is 32.0 Å². The van der Waals surface area contributed by atoms with Gasteiger partial charge in [0, 0.05) is 31.7 Å². The van der Waals surface area contributed by atoms with E-state index in [0.717, 1.165) is 0 Å². The monoisotopic (exact) mass is 279 g/mol. The molecule has 1 heterocycles. The van der Waals surface area contributed by atoms with E-state index in [1.165, 1.54) is 11.7 Å². The summed E-state index contributed by atoms with van der Waals surface area (Å²) in [5.41, 5.74) is -0.0573. The van der Waals surface area contributed by atoms with E-state index < -0.39 is 5.54 Å². The molecule has 0 fully saturated rings. The molecule has 1 aromatic heterocycles. The predicted octanol–water partition coefficient (Wildman–Crippen LogP) is 1.78. The second-order valence-corrected chi connectivity index (χ2v) is 5.26. The maximum Gasteiger partial charge on any atom is 0.326 e. The molecule has 0 atom stereocenters. The van der Waals surface area contributed by atoms with E-state index in [4.69, 9.17) is 4.74 Å². The molecule has 20 heavy (non-hydrogen) atoms. The maximum atomic E-state index is 12.0. The molecule has 0 saturated heterocycles. The van der Waals surface area contributed by atoms with Crippen LogP contribution < -0.4 is 10.4 Å². The predicted molar refractivity (Wildman–Crippen MR) is 74.8 cm³/mol. The molecule has 0 bridgehead atoms. The van der Waals surface area contributed by atoms with Crippen molar-refractivity contribution in [3.8, 4) is 5.75 Å². The molecular formula is C13H17N3O4. The number of rotatable bonds is 5. The zero-order chi connectivity index (χ0) is 14.9. The first-order valence-electron chi connectivity index (χ1n) is 6.27. The molecule has 7 nitrogen and oxygen atoms in total. The Kier molecular flexibility index (Phi) is 3.52. The van der Waals surface area contributed by atoms with Crippen LogP contribution in [0.3, 0.4) is 0 Å². The van der Waals surface area contributed by atoms with Gasteiger partial charge in [-0.1, -0.05) is 6.07 Å². The van der Waals surface area contributed by atoms with Crippen LogP contribution in [-0.4, -0.2) is 27.1 Å². The van der Waals surface area contributed by atoms with Crippen molar-refractivity contribution in [3.63, 3.8) is 0 Å². The summed E-state index contributed by atoms with van der Waals surface area (Å²) in [4.78, 5) is 25.3. The topological polar surface area (TPSA) is 90.2 Å². The van der Waals surface area contributed by atoms with Crippen molar-refractivity contribution in [1.29, 1.82) is 0 Å².